The molecule has 3 aromatic rings. The number of carbonyl (C=O) groups is 1. The molecule has 1 aliphatic rings. The summed E-state index contributed by atoms with van der Waals surface area (Å²) in [7, 11) is -2.09. The molecule has 3 aromatic heterocycles. The van der Waals surface area contributed by atoms with E-state index < -0.39 is 33.5 Å². The number of nitrogens with zero attached hydrogens (tertiary/aromatic N) is 5. The number of ether oxygens (including phenoxy) is 1. The van der Waals surface area contributed by atoms with Gasteiger partial charge in [-0.25, -0.2) is 19.7 Å². The summed E-state index contributed by atoms with van der Waals surface area (Å²) < 4.78 is 49.3. The van der Waals surface area contributed by atoms with Crippen molar-refractivity contribution in [2.75, 3.05) is 5.32 Å². The van der Waals surface area contributed by atoms with Crippen LogP contribution < -0.4 is 9.50 Å². The van der Waals surface area contributed by atoms with E-state index in [0.29, 0.717) is 18.4 Å². The van der Waals surface area contributed by atoms with Crippen LogP contribution in [0.4, 0.5) is 15.0 Å². The molecule has 0 radical (unpaired) electrons. The SMILES string of the molecule is C[C@@H](OC(=O)Nc1c(-c2ncc(OS(=O)(=O)C3CC3)cn2)cnn1C)c1cccnc1F. The third-order valence-corrected chi connectivity index (χ3v) is 6.40. The molecular weight excluding hydrogens is 443 g/mol. The van der Waals surface area contributed by atoms with Crippen molar-refractivity contribution in [2.45, 2.75) is 31.1 Å². The number of aromatic nitrogens is 5. The molecule has 11 nitrogen and oxygen atoms in total. The molecule has 168 valence electrons. The standard InChI is InChI=1S/C19H19FN6O5S/c1-11(14-4-3-7-21-16(14)20)30-19(27)25-18-15(10-24-26(18)2)17-22-8-12(9-23-17)31-32(28,29)13-5-6-13/h3-4,7-11,13H,5-6H2,1-2H3,(H,25,27)/t11-/m1/s1. The highest BCUT2D eigenvalue weighted by Gasteiger charge is 2.37. The zero-order chi connectivity index (χ0) is 22.9. The molecule has 0 unspecified atom stereocenters. The van der Waals surface area contributed by atoms with Gasteiger partial charge in [-0.1, -0.05) is 0 Å². The second-order valence-corrected chi connectivity index (χ2v) is 8.92. The van der Waals surface area contributed by atoms with Gasteiger partial charge in [-0.15, -0.1) is 0 Å². The number of aryl methyl sites for hydroxylation is 1. The topological polar surface area (TPSA) is 138 Å². The van der Waals surface area contributed by atoms with Crippen molar-refractivity contribution in [3.8, 4) is 17.1 Å². The Hall–Kier alpha value is -3.61. The molecule has 13 heteroatoms. The minimum Gasteiger partial charge on any atom is -0.441 e. The summed E-state index contributed by atoms with van der Waals surface area (Å²) in [6.07, 6.45) is 4.60. The summed E-state index contributed by atoms with van der Waals surface area (Å²) in [5, 5.41) is 6.14. The van der Waals surface area contributed by atoms with Crippen LogP contribution in [-0.2, 0) is 21.9 Å². The molecule has 4 rings (SSSR count). The third kappa shape index (κ3) is 4.66. The van der Waals surface area contributed by atoms with Gasteiger partial charge in [0.25, 0.3) is 0 Å². The lowest BCUT2D eigenvalue weighted by Gasteiger charge is -2.15. The first-order valence-electron chi connectivity index (χ1n) is 9.60. The largest absolute Gasteiger partial charge is 0.441 e. The van der Waals surface area contributed by atoms with Crippen LogP contribution in [-0.4, -0.2) is 44.5 Å². The number of hydrogen-bond acceptors (Lipinski definition) is 9. The van der Waals surface area contributed by atoms with Crippen LogP contribution >= 0.6 is 0 Å². The summed E-state index contributed by atoms with van der Waals surface area (Å²) in [5.41, 5.74) is 0.495. The van der Waals surface area contributed by atoms with Crippen LogP contribution in [0.15, 0.2) is 36.9 Å². The summed E-state index contributed by atoms with van der Waals surface area (Å²) in [6, 6.07) is 3.01. The Morgan fingerprint density at radius 3 is 2.62 bits per heavy atom. The van der Waals surface area contributed by atoms with Crippen molar-refractivity contribution in [1.82, 2.24) is 24.7 Å². The fourth-order valence-electron chi connectivity index (χ4n) is 2.86. The molecule has 3 heterocycles. The van der Waals surface area contributed by atoms with Crippen LogP contribution in [0.25, 0.3) is 11.4 Å². The smallest absolute Gasteiger partial charge is 0.413 e. The molecule has 0 aliphatic heterocycles. The molecule has 1 fully saturated rings. The highest BCUT2D eigenvalue weighted by molar-refractivity contribution is 7.88. The van der Waals surface area contributed by atoms with E-state index in [1.54, 1.807) is 7.05 Å². The van der Waals surface area contributed by atoms with E-state index in [4.69, 9.17) is 8.92 Å². The Kier molecular flexibility index (Phi) is 5.74. The van der Waals surface area contributed by atoms with Gasteiger partial charge in [-0.05, 0) is 31.9 Å². The fraction of sp³-hybridized carbons (Fsp3) is 0.316. The second-order valence-electron chi connectivity index (χ2n) is 7.10. The second kappa shape index (κ2) is 8.49. The zero-order valence-corrected chi connectivity index (χ0v) is 17.9. The van der Waals surface area contributed by atoms with Gasteiger partial charge >= 0.3 is 16.2 Å². The van der Waals surface area contributed by atoms with Gasteiger partial charge in [0, 0.05) is 18.8 Å². The highest BCUT2D eigenvalue weighted by Crippen LogP contribution is 2.31. The summed E-state index contributed by atoms with van der Waals surface area (Å²) in [4.78, 5) is 24.1. The molecule has 0 bridgehead atoms. The molecule has 1 atom stereocenters. The number of carbonyl (C=O) groups excluding carboxylic acids is 1. The van der Waals surface area contributed by atoms with Gasteiger partial charge in [0.15, 0.2) is 11.6 Å². The third-order valence-electron chi connectivity index (χ3n) is 4.68. The fourth-order valence-corrected chi connectivity index (χ4v) is 4.06. The van der Waals surface area contributed by atoms with E-state index in [9.17, 15) is 17.6 Å². The monoisotopic (exact) mass is 462 g/mol. The van der Waals surface area contributed by atoms with Gasteiger partial charge < -0.3 is 8.92 Å². The first kappa shape index (κ1) is 21.6. The number of nitrogens with one attached hydrogen (secondary N) is 1. The number of pyridine rings is 1. The Morgan fingerprint density at radius 2 is 1.97 bits per heavy atom. The van der Waals surface area contributed by atoms with Crippen molar-refractivity contribution in [3.05, 3.63) is 48.4 Å². The molecule has 0 spiro atoms. The van der Waals surface area contributed by atoms with E-state index in [1.807, 2.05) is 0 Å². The van der Waals surface area contributed by atoms with E-state index in [-0.39, 0.29) is 23.0 Å². The maximum Gasteiger partial charge on any atom is 0.413 e. The first-order valence-corrected chi connectivity index (χ1v) is 11.1. The van der Waals surface area contributed by atoms with Gasteiger partial charge in [0.2, 0.25) is 5.95 Å². The number of anilines is 1. The first-order chi connectivity index (χ1) is 15.2. The predicted molar refractivity (Wildman–Crippen MR) is 110 cm³/mol. The summed E-state index contributed by atoms with van der Waals surface area (Å²) >= 11 is 0. The molecular formula is C19H19FN6O5S. The van der Waals surface area contributed by atoms with Gasteiger partial charge in [-0.2, -0.15) is 17.9 Å². The van der Waals surface area contributed by atoms with E-state index >= 15 is 0 Å². The average Bonchev–Trinajstić information content (AvgIpc) is 3.55. The van der Waals surface area contributed by atoms with Crippen LogP contribution in [0, 0.1) is 5.95 Å². The zero-order valence-electron chi connectivity index (χ0n) is 17.1. The highest BCUT2D eigenvalue weighted by atomic mass is 32.2. The molecule has 0 saturated heterocycles. The molecule has 1 amide bonds. The van der Waals surface area contributed by atoms with Crippen LogP contribution in [0.2, 0.25) is 0 Å². The summed E-state index contributed by atoms with van der Waals surface area (Å²) in [6.45, 7) is 1.52. The molecule has 1 saturated carbocycles. The van der Waals surface area contributed by atoms with Gasteiger partial charge in [-0.3, -0.25) is 10.00 Å². The van der Waals surface area contributed by atoms with Gasteiger partial charge in [0.05, 0.1) is 29.4 Å². The number of rotatable bonds is 7. The molecule has 0 aromatic carbocycles. The quantitative estimate of drug-likeness (QED) is 0.415. The normalized spacial score (nSPS) is 14.6. The Balaban J connectivity index is 1.47. The maximum absolute atomic E-state index is 13.8. The number of hydrogen-bond donors (Lipinski definition) is 1. The van der Waals surface area contributed by atoms with Crippen molar-refractivity contribution in [1.29, 1.82) is 0 Å². The lowest BCUT2D eigenvalue weighted by atomic mass is 10.2. The molecule has 32 heavy (non-hydrogen) atoms. The van der Waals surface area contributed by atoms with Crippen molar-refractivity contribution in [2.24, 2.45) is 7.05 Å². The van der Waals surface area contributed by atoms with E-state index in [2.05, 4.69) is 25.4 Å². The lowest BCUT2D eigenvalue weighted by molar-refractivity contribution is 0.118. The van der Waals surface area contributed by atoms with Crippen molar-refractivity contribution in [3.63, 3.8) is 0 Å². The van der Waals surface area contributed by atoms with Crippen LogP contribution in [0.1, 0.15) is 31.4 Å². The lowest BCUT2D eigenvalue weighted by Crippen LogP contribution is -2.19. The minimum absolute atomic E-state index is 0.00854. The summed E-state index contributed by atoms with van der Waals surface area (Å²) in [5.74, 6) is -0.330. The average molecular weight is 462 g/mol. The maximum atomic E-state index is 13.8. The van der Waals surface area contributed by atoms with Crippen molar-refractivity contribution >= 4 is 22.0 Å². The van der Waals surface area contributed by atoms with Gasteiger partial charge in [0.1, 0.15) is 11.9 Å². The minimum atomic E-state index is -3.68. The van der Waals surface area contributed by atoms with Crippen LogP contribution in [0.3, 0.4) is 0 Å². The van der Waals surface area contributed by atoms with E-state index in [1.165, 1.54) is 48.5 Å². The molecule has 1 aliphatic carbocycles. The Labute approximate surface area is 182 Å². The van der Waals surface area contributed by atoms with Crippen molar-refractivity contribution < 1.29 is 26.5 Å². The Bertz CT molecular complexity index is 1240. The Morgan fingerprint density at radius 1 is 1.25 bits per heavy atom. The predicted octanol–water partition coefficient (Wildman–Crippen LogP) is 2.59. The number of amides is 1. The van der Waals surface area contributed by atoms with Crippen LogP contribution in [0.5, 0.6) is 5.75 Å². The number of halogens is 1. The van der Waals surface area contributed by atoms with E-state index in [0.717, 1.165) is 0 Å². The molecule has 1 N–H and O–H groups in total.